The number of aliphatic carboxylic acids is 1. The molecule has 0 heterocycles. The van der Waals surface area contributed by atoms with Crippen LogP contribution in [0.5, 0.6) is 5.75 Å². The number of carbonyl (C=O) groups excluding carboxylic acids is 1. The Hall–Kier alpha value is -2.82. The zero-order valence-corrected chi connectivity index (χ0v) is 20.8. The third-order valence-corrected chi connectivity index (χ3v) is 6.06. The minimum absolute atomic E-state index is 0.272. The van der Waals surface area contributed by atoms with Crippen LogP contribution in [-0.2, 0) is 9.53 Å². The maximum atomic E-state index is 12.2. The minimum Gasteiger partial charge on any atom is -0.494 e. The Labute approximate surface area is 204 Å². The van der Waals surface area contributed by atoms with Gasteiger partial charge < -0.3 is 14.6 Å². The number of carbonyl (C=O) groups is 2. The molecule has 1 N–H and O–H groups in total. The molecule has 2 aromatic carbocycles. The van der Waals surface area contributed by atoms with Crippen LogP contribution in [0.25, 0.3) is 11.1 Å². The molecular formula is C29H40O5. The van der Waals surface area contributed by atoms with Crippen LogP contribution in [0.3, 0.4) is 0 Å². The number of benzene rings is 2. The fraction of sp³-hybridized carbons (Fsp3) is 0.517. The highest BCUT2D eigenvalue weighted by molar-refractivity contribution is 5.90. The summed E-state index contributed by atoms with van der Waals surface area (Å²) < 4.78 is 11.2. The predicted molar refractivity (Wildman–Crippen MR) is 136 cm³/mol. The molecule has 0 unspecified atom stereocenters. The van der Waals surface area contributed by atoms with E-state index >= 15 is 0 Å². The van der Waals surface area contributed by atoms with E-state index in [0.717, 1.165) is 55.4 Å². The van der Waals surface area contributed by atoms with Gasteiger partial charge in [-0.05, 0) is 54.2 Å². The van der Waals surface area contributed by atoms with Gasteiger partial charge in [0, 0.05) is 6.42 Å². The van der Waals surface area contributed by atoms with Gasteiger partial charge in [0.1, 0.15) is 5.75 Å². The molecule has 34 heavy (non-hydrogen) atoms. The fourth-order valence-corrected chi connectivity index (χ4v) is 3.59. The van der Waals surface area contributed by atoms with Crippen LogP contribution in [0.2, 0.25) is 0 Å². The summed E-state index contributed by atoms with van der Waals surface area (Å²) in [6.45, 7) is 5.32. The van der Waals surface area contributed by atoms with E-state index in [-0.39, 0.29) is 5.97 Å². The van der Waals surface area contributed by atoms with Gasteiger partial charge in [0.25, 0.3) is 0 Å². The van der Waals surface area contributed by atoms with Crippen molar-refractivity contribution in [2.24, 2.45) is 5.92 Å². The average molecular weight is 469 g/mol. The predicted octanol–water partition coefficient (Wildman–Crippen LogP) is 7.53. The molecule has 2 rings (SSSR count). The van der Waals surface area contributed by atoms with Crippen molar-refractivity contribution in [3.05, 3.63) is 54.1 Å². The summed E-state index contributed by atoms with van der Waals surface area (Å²) in [6, 6.07) is 15.6. The van der Waals surface area contributed by atoms with Crippen molar-refractivity contribution >= 4 is 11.9 Å². The number of unbranched alkanes of at least 4 members (excludes halogenated alkanes) is 7. The van der Waals surface area contributed by atoms with E-state index in [9.17, 15) is 9.59 Å². The molecule has 0 saturated heterocycles. The maximum absolute atomic E-state index is 12.2. The zero-order chi connectivity index (χ0) is 24.6. The second-order valence-electron chi connectivity index (χ2n) is 9.03. The standard InChI is InChI=1S/C29H40O5/c1-3-23(2)22-34-29(32)26-15-13-24(14-16-26)25-17-19-27(20-18-25)33-21-11-9-7-5-4-6-8-10-12-28(30)31/h13-20,23H,3-12,21-22H2,1-2H3,(H,30,31)/t23-/m0/s1. The molecule has 0 aromatic heterocycles. The van der Waals surface area contributed by atoms with E-state index < -0.39 is 5.97 Å². The highest BCUT2D eigenvalue weighted by Gasteiger charge is 2.09. The molecule has 5 nitrogen and oxygen atoms in total. The molecule has 0 aliphatic carbocycles. The first-order valence-corrected chi connectivity index (χ1v) is 12.7. The number of rotatable bonds is 17. The summed E-state index contributed by atoms with van der Waals surface area (Å²) in [6.07, 6.45) is 9.99. The highest BCUT2D eigenvalue weighted by Crippen LogP contribution is 2.23. The first-order chi connectivity index (χ1) is 16.5. The van der Waals surface area contributed by atoms with E-state index in [4.69, 9.17) is 14.6 Å². The monoisotopic (exact) mass is 468 g/mol. The molecule has 0 aliphatic rings. The van der Waals surface area contributed by atoms with E-state index in [1.165, 1.54) is 19.3 Å². The van der Waals surface area contributed by atoms with Gasteiger partial charge in [0.2, 0.25) is 0 Å². The van der Waals surface area contributed by atoms with Gasteiger partial charge in [-0.1, -0.05) is 83.1 Å². The Morgan fingerprint density at radius 3 is 1.88 bits per heavy atom. The van der Waals surface area contributed by atoms with Gasteiger partial charge >= 0.3 is 11.9 Å². The van der Waals surface area contributed by atoms with E-state index in [0.29, 0.717) is 31.1 Å². The largest absolute Gasteiger partial charge is 0.494 e. The number of esters is 1. The van der Waals surface area contributed by atoms with Gasteiger partial charge in [-0.15, -0.1) is 0 Å². The van der Waals surface area contributed by atoms with Gasteiger partial charge in [-0.3, -0.25) is 4.79 Å². The normalized spacial score (nSPS) is 11.7. The Balaban J connectivity index is 1.62. The smallest absolute Gasteiger partial charge is 0.338 e. The molecule has 0 radical (unpaired) electrons. The summed E-state index contributed by atoms with van der Waals surface area (Å²) in [7, 11) is 0. The number of hydrogen-bond donors (Lipinski definition) is 1. The molecule has 5 heteroatoms. The van der Waals surface area contributed by atoms with Gasteiger partial charge in [0.15, 0.2) is 0 Å². The summed E-state index contributed by atoms with van der Waals surface area (Å²) in [5, 5.41) is 8.62. The lowest BCUT2D eigenvalue weighted by molar-refractivity contribution is -0.137. The van der Waals surface area contributed by atoms with Crippen molar-refractivity contribution < 1.29 is 24.2 Å². The van der Waals surface area contributed by atoms with E-state index in [1.54, 1.807) is 0 Å². The lowest BCUT2D eigenvalue weighted by atomic mass is 10.0. The number of ether oxygens (including phenoxy) is 2. The average Bonchev–Trinajstić information content (AvgIpc) is 2.86. The van der Waals surface area contributed by atoms with Crippen molar-refractivity contribution in [1.29, 1.82) is 0 Å². The molecule has 0 bridgehead atoms. The first-order valence-electron chi connectivity index (χ1n) is 12.7. The summed E-state index contributed by atoms with van der Waals surface area (Å²) in [5.74, 6) is 0.274. The van der Waals surface area contributed by atoms with Crippen LogP contribution in [0.1, 0.15) is 88.4 Å². The highest BCUT2D eigenvalue weighted by atomic mass is 16.5. The fourth-order valence-electron chi connectivity index (χ4n) is 3.59. The maximum Gasteiger partial charge on any atom is 0.338 e. The SMILES string of the molecule is CC[C@H](C)COC(=O)c1ccc(-c2ccc(OCCCCCCCCCCC(=O)O)cc2)cc1. The van der Waals surface area contributed by atoms with Gasteiger partial charge in [0.05, 0.1) is 18.8 Å². The molecule has 186 valence electrons. The minimum atomic E-state index is -0.695. The van der Waals surface area contributed by atoms with Crippen molar-refractivity contribution in [2.45, 2.75) is 78.1 Å². The summed E-state index contributed by atoms with van der Waals surface area (Å²) >= 11 is 0. The molecule has 0 saturated carbocycles. The topological polar surface area (TPSA) is 72.8 Å². The van der Waals surface area contributed by atoms with Crippen molar-refractivity contribution in [3.8, 4) is 16.9 Å². The number of hydrogen-bond acceptors (Lipinski definition) is 4. The second-order valence-corrected chi connectivity index (χ2v) is 9.03. The summed E-state index contributed by atoms with van der Waals surface area (Å²) in [4.78, 5) is 22.6. The quantitative estimate of drug-likeness (QED) is 0.192. The summed E-state index contributed by atoms with van der Waals surface area (Å²) in [5.41, 5.74) is 2.70. The molecule has 0 spiro atoms. The van der Waals surface area contributed by atoms with Crippen LogP contribution < -0.4 is 4.74 Å². The first kappa shape index (κ1) is 27.4. The lowest BCUT2D eigenvalue weighted by Crippen LogP contribution is -2.11. The molecule has 0 aliphatic heterocycles. The Kier molecular flexibility index (Phi) is 12.8. The molecular weight excluding hydrogens is 428 g/mol. The third kappa shape index (κ3) is 10.9. The Morgan fingerprint density at radius 2 is 1.32 bits per heavy atom. The van der Waals surface area contributed by atoms with Gasteiger partial charge in [-0.25, -0.2) is 4.79 Å². The number of carboxylic acid groups (broad SMARTS) is 1. The van der Waals surface area contributed by atoms with Crippen molar-refractivity contribution in [2.75, 3.05) is 13.2 Å². The van der Waals surface area contributed by atoms with Crippen molar-refractivity contribution in [3.63, 3.8) is 0 Å². The van der Waals surface area contributed by atoms with E-state index in [2.05, 4.69) is 13.8 Å². The third-order valence-electron chi connectivity index (χ3n) is 6.06. The van der Waals surface area contributed by atoms with Crippen LogP contribution in [0.15, 0.2) is 48.5 Å². The van der Waals surface area contributed by atoms with E-state index in [1.807, 2.05) is 48.5 Å². The Morgan fingerprint density at radius 1 is 0.794 bits per heavy atom. The Bertz CT molecular complexity index is 842. The molecule has 0 fully saturated rings. The van der Waals surface area contributed by atoms with Crippen LogP contribution in [-0.4, -0.2) is 30.3 Å². The zero-order valence-electron chi connectivity index (χ0n) is 20.8. The van der Waals surface area contributed by atoms with Gasteiger partial charge in [-0.2, -0.15) is 0 Å². The molecule has 0 amide bonds. The van der Waals surface area contributed by atoms with Crippen LogP contribution in [0.4, 0.5) is 0 Å². The van der Waals surface area contributed by atoms with Crippen LogP contribution in [0, 0.1) is 5.92 Å². The van der Waals surface area contributed by atoms with Crippen LogP contribution >= 0.6 is 0 Å². The molecule has 2 aromatic rings. The second kappa shape index (κ2) is 15.9. The lowest BCUT2D eigenvalue weighted by Gasteiger charge is -2.10. The molecule has 1 atom stereocenters. The van der Waals surface area contributed by atoms with Crippen molar-refractivity contribution in [1.82, 2.24) is 0 Å². The number of carboxylic acids is 1.